The number of nitrogens with zero attached hydrogens (tertiary/aromatic N) is 3. The molecule has 0 saturated heterocycles. The molecule has 2 aromatic carbocycles. The second-order valence-electron chi connectivity index (χ2n) is 10.6. The van der Waals surface area contributed by atoms with Crippen molar-refractivity contribution in [2.24, 2.45) is 10.8 Å². The third-order valence-corrected chi connectivity index (χ3v) is 6.22. The maximum absolute atomic E-state index is 13.3. The van der Waals surface area contributed by atoms with Crippen molar-refractivity contribution >= 4 is 54.5 Å². The van der Waals surface area contributed by atoms with Crippen molar-refractivity contribution in [3.63, 3.8) is 0 Å². The van der Waals surface area contributed by atoms with E-state index in [1.165, 1.54) is 11.9 Å². The van der Waals surface area contributed by atoms with Gasteiger partial charge >= 0.3 is 0 Å². The van der Waals surface area contributed by atoms with Gasteiger partial charge in [0.25, 0.3) is 0 Å². The first kappa shape index (κ1) is 25.6. The summed E-state index contributed by atoms with van der Waals surface area (Å²) in [5.74, 6) is 0.212. The highest BCUT2D eigenvalue weighted by atomic mass is 79.9. The zero-order valence-electron chi connectivity index (χ0n) is 20.0. The molecule has 0 aliphatic rings. The van der Waals surface area contributed by atoms with Crippen molar-refractivity contribution in [2.75, 3.05) is 7.11 Å². The van der Waals surface area contributed by atoms with Gasteiger partial charge in [0.1, 0.15) is 16.7 Å². The fraction of sp³-hybridized carbons (Fsp3) is 0.440. The number of benzene rings is 2. The predicted molar refractivity (Wildman–Crippen MR) is 138 cm³/mol. The van der Waals surface area contributed by atoms with Gasteiger partial charge in [-0.15, -0.1) is 15.0 Å². The molecular formula is C25H29Br2N3O3. The smallest absolute Gasteiger partial charge is 0.167 e. The van der Waals surface area contributed by atoms with Gasteiger partial charge in [-0.05, 0) is 67.0 Å². The topological polar surface area (TPSA) is 74.1 Å². The lowest BCUT2D eigenvalue weighted by atomic mass is 9.85. The van der Waals surface area contributed by atoms with Crippen molar-refractivity contribution in [3.8, 4) is 11.4 Å². The van der Waals surface area contributed by atoms with Crippen LogP contribution in [0.1, 0.15) is 75.1 Å². The first-order valence-corrected chi connectivity index (χ1v) is 12.3. The largest absolute Gasteiger partial charge is 0.494 e. The molecule has 0 saturated carbocycles. The van der Waals surface area contributed by atoms with E-state index < -0.39 is 0 Å². The van der Waals surface area contributed by atoms with Crippen LogP contribution in [-0.2, 0) is 0 Å². The highest BCUT2D eigenvalue weighted by molar-refractivity contribution is 9.11. The lowest BCUT2D eigenvalue weighted by Gasteiger charge is -2.21. The molecular weight excluding hydrogens is 550 g/mol. The fourth-order valence-corrected chi connectivity index (χ4v) is 4.34. The van der Waals surface area contributed by atoms with Crippen LogP contribution in [0.3, 0.4) is 0 Å². The number of ether oxygens (including phenoxy) is 1. The Morgan fingerprint density at radius 1 is 0.879 bits per heavy atom. The first-order valence-electron chi connectivity index (χ1n) is 10.7. The summed E-state index contributed by atoms with van der Waals surface area (Å²) < 4.78 is 7.28. The predicted octanol–water partition coefficient (Wildman–Crippen LogP) is 7.19. The van der Waals surface area contributed by atoms with E-state index in [0.29, 0.717) is 46.4 Å². The maximum atomic E-state index is 13.3. The van der Waals surface area contributed by atoms with E-state index in [-0.39, 0.29) is 22.4 Å². The lowest BCUT2D eigenvalue weighted by Crippen LogP contribution is -2.18. The highest BCUT2D eigenvalue weighted by Crippen LogP contribution is 2.35. The van der Waals surface area contributed by atoms with Crippen LogP contribution in [0.2, 0.25) is 0 Å². The first-order chi connectivity index (χ1) is 15.2. The van der Waals surface area contributed by atoms with Gasteiger partial charge in [-0.25, -0.2) is 0 Å². The molecule has 1 heterocycles. The van der Waals surface area contributed by atoms with E-state index in [9.17, 15) is 9.59 Å². The molecule has 6 nitrogen and oxygen atoms in total. The minimum atomic E-state index is -0.220. The third-order valence-electron chi connectivity index (χ3n) is 4.94. The molecule has 176 valence electrons. The van der Waals surface area contributed by atoms with E-state index in [1.807, 2.05) is 53.7 Å². The molecule has 3 aromatic rings. The van der Waals surface area contributed by atoms with E-state index >= 15 is 0 Å². The van der Waals surface area contributed by atoms with Crippen molar-refractivity contribution in [2.45, 2.75) is 54.4 Å². The zero-order chi connectivity index (χ0) is 24.7. The number of carbonyl (C=O) groups is 2. The Bertz CT molecular complexity index is 1200. The number of hydrogen-bond acceptors (Lipinski definition) is 5. The lowest BCUT2D eigenvalue weighted by molar-refractivity contribution is 0.0936. The number of carbonyl (C=O) groups excluding carboxylic acids is 2. The van der Waals surface area contributed by atoms with Crippen LogP contribution in [0.15, 0.2) is 33.2 Å². The summed E-state index contributed by atoms with van der Waals surface area (Å²) in [4.78, 5) is 27.9. The average molecular weight is 579 g/mol. The normalized spacial score (nSPS) is 12.3. The summed E-state index contributed by atoms with van der Waals surface area (Å²) in [6.07, 6.45) is 0.655. The quantitative estimate of drug-likeness (QED) is 0.289. The number of halogens is 2. The van der Waals surface area contributed by atoms with Crippen molar-refractivity contribution in [1.29, 1.82) is 0 Å². The van der Waals surface area contributed by atoms with E-state index in [2.05, 4.69) is 42.1 Å². The Balaban J connectivity index is 2.27. The summed E-state index contributed by atoms with van der Waals surface area (Å²) in [6.45, 7) is 12.0. The number of Topliss-reactive ketones (excluding diaryl/α,β-unsaturated/α-hetero) is 2. The van der Waals surface area contributed by atoms with Crippen LogP contribution in [-0.4, -0.2) is 33.7 Å². The van der Waals surface area contributed by atoms with Crippen LogP contribution in [0.25, 0.3) is 16.7 Å². The summed E-state index contributed by atoms with van der Waals surface area (Å²) >= 11 is 7.04. The molecule has 33 heavy (non-hydrogen) atoms. The number of methoxy groups -OCH3 is 1. The second-order valence-corrected chi connectivity index (χ2v) is 12.3. The Morgan fingerprint density at radius 3 is 1.82 bits per heavy atom. The number of rotatable bonds is 6. The summed E-state index contributed by atoms with van der Waals surface area (Å²) in [6, 6.07) is 7.12. The van der Waals surface area contributed by atoms with Crippen LogP contribution < -0.4 is 4.74 Å². The molecule has 0 aliphatic carbocycles. The average Bonchev–Trinajstić information content (AvgIpc) is 3.14. The van der Waals surface area contributed by atoms with E-state index in [0.717, 1.165) is 8.95 Å². The highest BCUT2D eigenvalue weighted by Gasteiger charge is 2.27. The summed E-state index contributed by atoms with van der Waals surface area (Å²) in [5, 5.41) is 9.26. The van der Waals surface area contributed by atoms with E-state index in [1.54, 1.807) is 12.1 Å². The minimum Gasteiger partial charge on any atom is -0.494 e. The molecule has 0 radical (unpaired) electrons. The standard InChI is InChI=1S/C25H29Br2N3O3/c1-24(2,3)12-19(31)14-10-15(20(32)13-25(4,5)6)23(33-7)18(11-14)30-28-21-16(26)8-9-17(27)22(21)29-30/h8-11H,12-13H2,1-7H3. The van der Waals surface area contributed by atoms with Crippen LogP contribution >= 0.6 is 31.9 Å². The Labute approximate surface area is 211 Å². The van der Waals surface area contributed by atoms with E-state index in [4.69, 9.17) is 4.74 Å². The molecule has 8 heteroatoms. The van der Waals surface area contributed by atoms with Gasteiger partial charge in [-0.2, -0.15) is 0 Å². The summed E-state index contributed by atoms with van der Waals surface area (Å²) in [5.41, 5.74) is 2.15. The van der Waals surface area contributed by atoms with Gasteiger partial charge in [0.2, 0.25) is 0 Å². The van der Waals surface area contributed by atoms with Gasteiger partial charge in [0, 0.05) is 27.4 Å². The van der Waals surface area contributed by atoms with Gasteiger partial charge < -0.3 is 4.74 Å². The molecule has 1 aromatic heterocycles. The molecule has 0 atom stereocenters. The van der Waals surface area contributed by atoms with Crippen LogP contribution in [0.5, 0.6) is 5.75 Å². The van der Waals surface area contributed by atoms with Gasteiger partial charge in [-0.3, -0.25) is 9.59 Å². The minimum absolute atomic E-state index is 0.0460. The number of hydrogen-bond donors (Lipinski definition) is 0. The molecule has 0 fully saturated rings. The molecule has 0 aliphatic heterocycles. The Morgan fingerprint density at radius 2 is 1.36 bits per heavy atom. The van der Waals surface area contributed by atoms with Crippen molar-refractivity contribution < 1.29 is 14.3 Å². The number of ketones is 2. The molecule has 0 bridgehead atoms. The van der Waals surface area contributed by atoms with Gasteiger partial charge in [0.15, 0.2) is 17.3 Å². The van der Waals surface area contributed by atoms with Crippen molar-refractivity contribution in [3.05, 3.63) is 44.3 Å². The molecule has 0 amide bonds. The molecule has 0 N–H and O–H groups in total. The molecule has 0 unspecified atom stereocenters. The van der Waals surface area contributed by atoms with Crippen LogP contribution in [0.4, 0.5) is 0 Å². The molecule has 3 rings (SSSR count). The number of aromatic nitrogens is 3. The third kappa shape index (κ3) is 5.90. The summed E-state index contributed by atoms with van der Waals surface area (Å²) in [7, 11) is 1.51. The second kappa shape index (κ2) is 9.29. The maximum Gasteiger partial charge on any atom is 0.167 e. The fourth-order valence-electron chi connectivity index (χ4n) is 3.55. The van der Waals surface area contributed by atoms with Gasteiger partial charge in [-0.1, -0.05) is 41.5 Å². The van der Waals surface area contributed by atoms with Gasteiger partial charge in [0.05, 0.1) is 12.7 Å². The van der Waals surface area contributed by atoms with Crippen LogP contribution in [0, 0.1) is 10.8 Å². The number of fused-ring (bicyclic) bond motifs is 1. The van der Waals surface area contributed by atoms with Crippen molar-refractivity contribution in [1.82, 2.24) is 15.0 Å². The monoisotopic (exact) mass is 577 g/mol. The Hall–Kier alpha value is -2.06. The molecule has 0 spiro atoms. The zero-order valence-corrected chi connectivity index (χ0v) is 23.2. The Kier molecular flexibility index (Phi) is 7.20. The SMILES string of the molecule is COc1c(C(=O)CC(C)(C)C)cc(C(=O)CC(C)(C)C)cc1-n1nc2c(Br)ccc(Br)c2n1.